The van der Waals surface area contributed by atoms with Gasteiger partial charge < -0.3 is 10.9 Å². The Morgan fingerprint density at radius 3 is 2.84 bits per heavy atom. The number of nitrogens with two attached hydrogens (primary N) is 1. The molecule has 1 aromatic heterocycles. The number of benzene rings is 1. The molecular weight excluding hydrogens is 286 g/mol. The third-order valence-electron chi connectivity index (χ3n) is 2.26. The Labute approximate surface area is 116 Å². The highest BCUT2D eigenvalue weighted by Gasteiger charge is 2.15. The number of hydrogen-bond donors (Lipinski definition) is 2. The van der Waals surface area contributed by atoms with Crippen LogP contribution in [0.25, 0.3) is 0 Å². The highest BCUT2D eigenvalue weighted by Crippen LogP contribution is 2.34. The lowest BCUT2D eigenvalue weighted by molar-refractivity contribution is -0.384. The van der Waals surface area contributed by atoms with Crippen LogP contribution in [0.1, 0.15) is 5.56 Å². The van der Waals surface area contributed by atoms with Gasteiger partial charge in [0.15, 0.2) is 5.84 Å². The second-order valence-electron chi connectivity index (χ2n) is 3.46. The molecule has 19 heavy (non-hydrogen) atoms. The maximum absolute atomic E-state index is 10.7. The van der Waals surface area contributed by atoms with E-state index in [0.717, 1.165) is 4.21 Å². The molecule has 0 unspecified atom stereocenters. The lowest BCUT2D eigenvalue weighted by Gasteiger charge is -2.06. The molecule has 0 aliphatic carbocycles. The smallest absolute Gasteiger partial charge is 0.270 e. The van der Waals surface area contributed by atoms with E-state index in [1.165, 1.54) is 23.9 Å². The highest BCUT2D eigenvalue weighted by atomic mass is 32.2. The summed E-state index contributed by atoms with van der Waals surface area (Å²) in [7, 11) is 0. The van der Waals surface area contributed by atoms with E-state index in [4.69, 9.17) is 10.9 Å². The molecule has 0 amide bonds. The molecule has 0 saturated heterocycles. The van der Waals surface area contributed by atoms with Crippen LogP contribution >= 0.6 is 23.1 Å². The summed E-state index contributed by atoms with van der Waals surface area (Å²) in [4.78, 5) is 10.9. The third kappa shape index (κ3) is 3.04. The summed E-state index contributed by atoms with van der Waals surface area (Å²) in [5.74, 6) is -0.150. The SMILES string of the molecule is NC(=NO)c1cc([N+](=O)[O-])ccc1Sc1cccs1. The van der Waals surface area contributed by atoms with Crippen molar-refractivity contribution in [1.29, 1.82) is 0 Å². The van der Waals surface area contributed by atoms with Crippen LogP contribution in [-0.4, -0.2) is 16.0 Å². The van der Waals surface area contributed by atoms with Gasteiger partial charge in [0.05, 0.1) is 9.13 Å². The van der Waals surface area contributed by atoms with Crippen molar-refractivity contribution in [2.24, 2.45) is 10.9 Å². The molecule has 1 heterocycles. The molecule has 0 aliphatic heterocycles. The number of nitro groups is 1. The number of amidine groups is 1. The maximum Gasteiger partial charge on any atom is 0.270 e. The van der Waals surface area contributed by atoms with Crippen LogP contribution < -0.4 is 5.73 Å². The predicted molar refractivity (Wildman–Crippen MR) is 74.0 cm³/mol. The number of non-ortho nitro benzene ring substituents is 1. The van der Waals surface area contributed by atoms with Crippen molar-refractivity contribution in [2.75, 3.05) is 0 Å². The summed E-state index contributed by atoms with van der Waals surface area (Å²) in [5.41, 5.74) is 5.80. The van der Waals surface area contributed by atoms with Gasteiger partial charge in [-0.2, -0.15) is 0 Å². The first-order chi connectivity index (χ1) is 9.11. The van der Waals surface area contributed by atoms with E-state index < -0.39 is 4.92 Å². The largest absolute Gasteiger partial charge is 0.409 e. The first kappa shape index (κ1) is 13.4. The zero-order valence-electron chi connectivity index (χ0n) is 9.52. The summed E-state index contributed by atoms with van der Waals surface area (Å²) in [6.07, 6.45) is 0. The van der Waals surface area contributed by atoms with Gasteiger partial charge in [0.1, 0.15) is 0 Å². The van der Waals surface area contributed by atoms with E-state index in [9.17, 15) is 10.1 Å². The van der Waals surface area contributed by atoms with Crippen LogP contribution in [-0.2, 0) is 0 Å². The molecule has 0 spiro atoms. The molecule has 0 saturated carbocycles. The van der Waals surface area contributed by atoms with E-state index >= 15 is 0 Å². The molecule has 98 valence electrons. The molecule has 6 nitrogen and oxygen atoms in total. The monoisotopic (exact) mass is 295 g/mol. The molecule has 1 aromatic carbocycles. The van der Waals surface area contributed by atoms with Gasteiger partial charge in [-0.3, -0.25) is 10.1 Å². The number of rotatable bonds is 4. The molecular formula is C11H9N3O3S2. The Hall–Kier alpha value is -2.06. The maximum atomic E-state index is 10.7. The van der Waals surface area contributed by atoms with Gasteiger partial charge in [-0.25, -0.2) is 0 Å². The van der Waals surface area contributed by atoms with Crippen molar-refractivity contribution < 1.29 is 10.1 Å². The predicted octanol–water partition coefficient (Wildman–Crippen LogP) is 2.90. The lowest BCUT2D eigenvalue weighted by atomic mass is 10.2. The molecule has 0 bridgehead atoms. The van der Waals surface area contributed by atoms with Crippen molar-refractivity contribution in [2.45, 2.75) is 9.10 Å². The zero-order chi connectivity index (χ0) is 13.8. The molecule has 3 N–H and O–H groups in total. The number of nitro benzene ring substituents is 1. The van der Waals surface area contributed by atoms with Crippen LogP contribution in [0.2, 0.25) is 0 Å². The van der Waals surface area contributed by atoms with Crippen molar-refractivity contribution in [1.82, 2.24) is 0 Å². The average molecular weight is 295 g/mol. The van der Waals surface area contributed by atoms with Gasteiger partial charge in [-0.05, 0) is 17.5 Å². The van der Waals surface area contributed by atoms with Crippen LogP contribution in [0.5, 0.6) is 0 Å². The molecule has 2 rings (SSSR count). The molecule has 0 radical (unpaired) electrons. The fraction of sp³-hybridized carbons (Fsp3) is 0. The molecule has 0 aliphatic rings. The van der Waals surface area contributed by atoms with Crippen LogP contribution in [0.15, 0.2) is 50.0 Å². The van der Waals surface area contributed by atoms with Crippen molar-refractivity contribution >= 4 is 34.6 Å². The fourth-order valence-electron chi connectivity index (χ4n) is 1.40. The van der Waals surface area contributed by atoms with Crippen LogP contribution in [0.3, 0.4) is 0 Å². The first-order valence-electron chi connectivity index (χ1n) is 5.09. The van der Waals surface area contributed by atoms with Crippen molar-refractivity contribution in [3.8, 4) is 0 Å². The van der Waals surface area contributed by atoms with E-state index in [2.05, 4.69) is 5.16 Å². The van der Waals surface area contributed by atoms with E-state index in [0.29, 0.717) is 10.5 Å². The minimum atomic E-state index is -0.520. The second kappa shape index (κ2) is 5.72. The summed E-state index contributed by atoms with van der Waals surface area (Å²) in [5, 5.41) is 24.3. The Morgan fingerprint density at radius 2 is 2.26 bits per heavy atom. The number of thiophene rings is 1. The number of nitrogens with zero attached hydrogens (tertiary/aromatic N) is 2. The Morgan fingerprint density at radius 1 is 1.47 bits per heavy atom. The fourth-order valence-corrected chi connectivity index (χ4v) is 3.25. The van der Waals surface area contributed by atoms with Gasteiger partial charge in [0.2, 0.25) is 0 Å². The molecule has 8 heteroatoms. The van der Waals surface area contributed by atoms with Crippen molar-refractivity contribution in [3.05, 3.63) is 51.4 Å². The first-order valence-corrected chi connectivity index (χ1v) is 6.79. The van der Waals surface area contributed by atoms with Crippen LogP contribution in [0.4, 0.5) is 5.69 Å². The highest BCUT2D eigenvalue weighted by molar-refractivity contribution is 8.01. The summed E-state index contributed by atoms with van der Waals surface area (Å²) >= 11 is 2.95. The molecule has 0 fully saturated rings. The Balaban J connectivity index is 2.44. The van der Waals surface area contributed by atoms with Crippen LogP contribution in [0, 0.1) is 10.1 Å². The zero-order valence-corrected chi connectivity index (χ0v) is 11.1. The summed E-state index contributed by atoms with van der Waals surface area (Å²) in [6, 6.07) is 8.11. The quantitative estimate of drug-likeness (QED) is 0.297. The van der Waals surface area contributed by atoms with Gasteiger partial charge in [-0.1, -0.05) is 23.0 Å². The topological polar surface area (TPSA) is 102 Å². The lowest BCUT2D eigenvalue weighted by Crippen LogP contribution is -2.14. The summed E-state index contributed by atoms with van der Waals surface area (Å²) < 4.78 is 1.01. The van der Waals surface area contributed by atoms with Gasteiger partial charge in [0.25, 0.3) is 5.69 Å². The van der Waals surface area contributed by atoms with E-state index in [-0.39, 0.29) is 11.5 Å². The molecule has 0 atom stereocenters. The minimum Gasteiger partial charge on any atom is -0.409 e. The molecule has 2 aromatic rings. The average Bonchev–Trinajstić information content (AvgIpc) is 2.91. The van der Waals surface area contributed by atoms with Gasteiger partial charge >= 0.3 is 0 Å². The van der Waals surface area contributed by atoms with Gasteiger partial charge in [-0.15, -0.1) is 11.3 Å². The second-order valence-corrected chi connectivity index (χ2v) is 5.75. The Bertz CT molecular complexity index is 626. The van der Waals surface area contributed by atoms with Crippen molar-refractivity contribution in [3.63, 3.8) is 0 Å². The van der Waals surface area contributed by atoms with E-state index in [1.807, 2.05) is 17.5 Å². The number of hydrogen-bond acceptors (Lipinski definition) is 6. The summed E-state index contributed by atoms with van der Waals surface area (Å²) in [6.45, 7) is 0. The van der Waals surface area contributed by atoms with E-state index in [1.54, 1.807) is 17.4 Å². The van der Waals surface area contributed by atoms with Gasteiger partial charge in [0, 0.05) is 22.6 Å². The number of oxime groups is 1. The minimum absolute atomic E-state index is 0.0999. The standard InChI is InChI=1S/C11H9N3O3S2/c12-11(13-15)8-6-7(14(16)17)3-4-9(8)19-10-2-1-5-18-10/h1-6,15H,(H2,12,13). The Kier molecular flexibility index (Phi) is 4.03. The normalized spacial score (nSPS) is 11.5. The third-order valence-corrected chi connectivity index (χ3v) is 4.38.